The molecule has 3 nitrogen and oxygen atoms in total. The standard InChI is InChI=1S/C7H5N2O/c1-3-8-5-6(1)7-2-4-10-9-7/h1-4,8H. The molecule has 0 saturated heterocycles. The fourth-order valence-corrected chi connectivity index (χ4v) is 0.787. The van der Waals surface area contributed by atoms with Gasteiger partial charge in [-0.05, 0) is 6.07 Å². The van der Waals surface area contributed by atoms with E-state index < -0.39 is 0 Å². The van der Waals surface area contributed by atoms with E-state index in [9.17, 15) is 0 Å². The summed E-state index contributed by atoms with van der Waals surface area (Å²) in [5.74, 6) is 0. The van der Waals surface area contributed by atoms with Crippen molar-refractivity contribution >= 4 is 0 Å². The molecule has 0 fully saturated rings. The lowest BCUT2D eigenvalue weighted by Crippen LogP contribution is -1.69. The second kappa shape index (κ2) is 2.02. The Morgan fingerprint density at radius 1 is 1.50 bits per heavy atom. The molecule has 0 aliphatic rings. The molecule has 0 spiro atoms. The van der Waals surface area contributed by atoms with E-state index in [1.54, 1.807) is 12.3 Å². The van der Waals surface area contributed by atoms with E-state index in [1.165, 1.54) is 6.26 Å². The van der Waals surface area contributed by atoms with Gasteiger partial charge >= 0.3 is 0 Å². The maximum Gasteiger partial charge on any atom is 0.124 e. The first-order valence-electron chi connectivity index (χ1n) is 2.92. The van der Waals surface area contributed by atoms with Gasteiger partial charge in [0.1, 0.15) is 12.0 Å². The molecule has 0 bridgehead atoms. The normalized spacial score (nSPS) is 10.0. The zero-order valence-corrected chi connectivity index (χ0v) is 5.16. The van der Waals surface area contributed by atoms with Crippen LogP contribution >= 0.6 is 0 Å². The first kappa shape index (κ1) is 5.29. The molecule has 0 aromatic carbocycles. The first-order valence-corrected chi connectivity index (χ1v) is 2.92. The van der Waals surface area contributed by atoms with Crippen LogP contribution in [0.4, 0.5) is 0 Å². The van der Waals surface area contributed by atoms with Crippen LogP contribution in [0.2, 0.25) is 0 Å². The van der Waals surface area contributed by atoms with Gasteiger partial charge in [0.15, 0.2) is 0 Å². The molecule has 49 valence electrons. The number of nitrogens with one attached hydrogen (secondary N) is 1. The SMILES string of the molecule is [c]1[nH]ccc1-c1ccon1. The lowest BCUT2D eigenvalue weighted by Gasteiger charge is -1.81. The number of hydrogen-bond acceptors (Lipinski definition) is 2. The van der Waals surface area contributed by atoms with Crippen molar-refractivity contribution in [2.75, 3.05) is 0 Å². The molecule has 10 heavy (non-hydrogen) atoms. The Balaban J connectivity index is 2.48. The quantitative estimate of drug-likeness (QED) is 0.640. The fraction of sp³-hybridized carbons (Fsp3) is 0. The highest BCUT2D eigenvalue weighted by Gasteiger charge is 1.98. The molecule has 0 amide bonds. The van der Waals surface area contributed by atoms with Crippen molar-refractivity contribution in [2.45, 2.75) is 0 Å². The summed E-state index contributed by atoms with van der Waals surface area (Å²) in [6.07, 6.45) is 6.23. The van der Waals surface area contributed by atoms with Crippen LogP contribution in [0.3, 0.4) is 0 Å². The zero-order chi connectivity index (χ0) is 6.81. The summed E-state index contributed by atoms with van der Waals surface area (Å²) in [5, 5.41) is 3.73. The fourth-order valence-electron chi connectivity index (χ4n) is 0.787. The maximum absolute atomic E-state index is 4.65. The Kier molecular flexibility index (Phi) is 1.07. The number of rotatable bonds is 1. The molecule has 2 heterocycles. The third kappa shape index (κ3) is 0.719. The minimum Gasteiger partial charge on any atom is -0.364 e. The van der Waals surface area contributed by atoms with Crippen LogP contribution in [-0.4, -0.2) is 10.1 Å². The maximum atomic E-state index is 4.65. The second-order valence-electron chi connectivity index (χ2n) is 1.90. The molecule has 1 radical (unpaired) electrons. The van der Waals surface area contributed by atoms with E-state index in [1.807, 2.05) is 6.07 Å². The lowest BCUT2D eigenvalue weighted by atomic mass is 10.2. The van der Waals surface area contributed by atoms with Gasteiger partial charge in [-0.15, -0.1) is 0 Å². The predicted molar refractivity (Wildman–Crippen MR) is 35.1 cm³/mol. The summed E-state index contributed by atoms with van der Waals surface area (Å²) in [7, 11) is 0. The minimum atomic E-state index is 0.807. The highest BCUT2D eigenvalue weighted by Crippen LogP contribution is 2.13. The molecule has 0 aliphatic heterocycles. The van der Waals surface area contributed by atoms with Crippen molar-refractivity contribution in [1.29, 1.82) is 0 Å². The number of hydrogen-bond donors (Lipinski definition) is 1. The summed E-state index contributed by atoms with van der Waals surface area (Å²) in [5.41, 5.74) is 1.73. The smallest absolute Gasteiger partial charge is 0.124 e. The molecular formula is C7H5N2O. The van der Waals surface area contributed by atoms with Gasteiger partial charge in [0.25, 0.3) is 0 Å². The summed E-state index contributed by atoms with van der Waals surface area (Å²) in [4.78, 5) is 2.81. The molecule has 0 saturated carbocycles. The largest absolute Gasteiger partial charge is 0.364 e. The van der Waals surface area contributed by atoms with Crippen molar-refractivity contribution in [3.05, 3.63) is 30.8 Å². The molecule has 0 unspecified atom stereocenters. The molecule has 2 rings (SSSR count). The number of H-pyrrole nitrogens is 1. The van der Waals surface area contributed by atoms with Crippen LogP contribution in [0.1, 0.15) is 0 Å². The van der Waals surface area contributed by atoms with Crippen LogP contribution in [0.25, 0.3) is 11.3 Å². The van der Waals surface area contributed by atoms with E-state index in [-0.39, 0.29) is 0 Å². The van der Waals surface area contributed by atoms with Gasteiger partial charge in [0, 0.05) is 17.8 Å². The molecule has 0 atom stereocenters. The van der Waals surface area contributed by atoms with Gasteiger partial charge in [-0.3, -0.25) is 0 Å². The van der Waals surface area contributed by atoms with Gasteiger partial charge in [0.2, 0.25) is 0 Å². The zero-order valence-electron chi connectivity index (χ0n) is 5.16. The molecule has 2 aromatic rings. The number of aromatic amines is 1. The number of nitrogens with zero attached hydrogens (tertiary/aromatic N) is 1. The molecule has 3 heteroatoms. The Morgan fingerprint density at radius 3 is 3.10 bits per heavy atom. The van der Waals surface area contributed by atoms with Gasteiger partial charge in [-0.25, -0.2) is 0 Å². The predicted octanol–water partition coefficient (Wildman–Crippen LogP) is 1.47. The van der Waals surface area contributed by atoms with Crippen molar-refractivity contribution in [3.8, 4) is 11.3 Å². The summed E-state index contributed by atoms with van der Waals surface area (Å²) in [6, 6.07) is 3.68. The van der Waals surface area contributed by atoms with Crippen LogP contribution in [-0.2, 0) is 0 Å². The topological polar surface area (TPSA) is 41.8 Å². The molecular weight excluding hydrogens is 128 g/mol. The Hall–Kier alpha value is -1.51. The molecule has 0 aliphatic carbocycles. The van der Waals surface area contributed by atoms with Gasteiger partial charge in [0.05, 0.1) is 6.20 Å². The van der Waals surface area contributed by atoms with Crippen molar-refractivity contribution < 1.29 is 4.52 Å². The molecule has 2 aromatic heterocycles. The van der Waals surface area contributed by atoms with Crippen molar-refractivity contribution in [3.63, 3.8) is 0 Å². The minimum absolute atomic E-state index is 0.807. The van der Waals surface area contributed by atoms with Crippen LogP contribution in [0, 0.1) is 6.20 Å². The van der Waals surface area contributed by atoms with Gasteiger partial charge in [-0.1, -0.05) is 5.16 Å². The highest BCUT2D eigenvalue weighted by atomic mass is 16.5. The van der Waals surface area contributed by atoms with Gasteiger partial charge < -0.3 is 9.51 Å². The third-order valence-electron chi connectivity index (χ3n) is 1.25. The van der Waals surface area contributed by atoms with E-state index in [2.05, 4.69) is 20.9 Å². The highest BCUT2D eigenvalue weighted by molar-refractivity contribution is 5.55. The Labute approximate surface area is 57.7 Å². The van der Waals surface area contributed by atoms with Crippen LogP contribution in [0.5, 0.6) is 0 Å². The van der Waals surface area contributed by atoms with E-state index >= 15 is 0 Å². The van der Waals surface area contributed by atoms with Gasteiger partial charge in [-0.2, -0.15) is 0 Å². The molecule has 1 N–H and O–H groups in total. The third-order valence-corrected chi connectivity index (χ3v) is 1.25. The average molecular weight is 133 g/mol. The lowest BCUT2D eigenvalue weighted by molar-refractivity contribution is 0.422. The van der Waals surface area contributed by atoms with E-state index in [0.29, 0.717) is 0 Å². The summed E-state index contributed by atoms with van der Waals surface area (Å²) in [6.45, 7) is 0. The Bertz CT molecular complexity index is 251. The number of aromatic nitrogens is 2. The second-order valence-corrected chi connectivity index (χ2v) is 1.90. The summed E-state index contributed by atoms with van der Waals surface area (Å²) >= 11 is 0. The monoisotopic (exact) mass is 133 g/mol. The summed E-state index contributed by atoms with van der Waals surface area (Å²) < 4.78 is 4.65. The van der Waals surface area contributed by atoms with E-state index in [0.717, 1.165) is 11.3 Å². The Morgan fingerprint density at radius 2 is 2.50 bits per heavy atom. The van der Waals surface area contributed by atoms with Crippen molar-refractivity contribution in [2.24, 2.45) is 0 Å². The first-order chi connectivity index (χ1) is 4.97. The van der Waals surface area contributed by atoms with Crippen LogP contribution in [0.15, 0.2) is 29.1 Å². The van der Waals surface area contributed by atoms with Crippen LogP contribution < -0.4 is 0 Å². The van der Waals surface area contributed by atoms with Crippen molar-refractivity contribution in [1.82, 2.24) is 10.1 Å². The average Bonchev–Trinajstić information content (AvgIpc) is 2.59. The van der Waals surface area contributed by atoms with E-state index in [4.69, 9.17) is 0 Å².